The Morgan fingerprint density at radius 3 is 2.69 bits per heavy atom. The van der Waals surface area contributed by atoms with Crippen molar-refractivity contribution in [2.45, 2.75) is 19.0 Å². The van der Waals surface area contributed by atoms with Crippen LogP contribution in [0.5, 0.6) is 0 Å². The summed E-state index contributed by atoms with van der Waals surface area (Å²) in [6, 6.07) is 11.6. The summed E-state index contributed by atoms with van der Waals surface area (Å²) in [6.45, 7) is 1.45. The normalized spacial score (nSPS) is 19.0. The summed E-state index contributed by atoms with van der Waals surface area (Å²) in [5, 5.41) is 7.28. The molecular weight excluding hydrogens is 483 g/mol. The molecule has 0 radical (unpaired) electrons. The highest BCUT2D eigenvalue weighted by Crippen LogP contribution is 2.33. The average molecular weight is 496 g/mol. The van der Waals surface area contributed by atoms with E-state index in [1.807, 2.05) is 24.3 Å². The number of nitrogens with one attached hydrogen (secondary N) is 1. The van der Waals surface area contributed by atoms with E-state index in [0.29, 0.717) is 21.4 Å². The second-order valence-electron chi connectivity index (χ2n) is 6.60. The zero-order valence-corrected chi connectivity index (χ0v) is 18.0. The van der Waals surface area contributed by atoms with Crippen LogP contribution in [0.15, 0.2) is 51.5 Å². The van der Waals surface area contributed by atoms with Crippen LogP contribution in [-0.4, -0.2) is 27.0 Å². The van der Waals surface area contributed by atoms with Gasteiger partial charge in [0.15, 0.2) is 0 Å². The minimum Gasteiger partial charge on any atom is -0.337 e. The Balaban J connectivity index is 1.58. The maximum atomic E-state index is 13.0. The van der Waals surface area contributed by atoms with Gasteiger partial charge in [-0.15, -0.1) is 0 Å². The minimum absolute atomic E-state index is 0.141. The van der Waals surface area contributed by atoms with Crippen molar-refractivity contribution in [1.29, 1.82) is 0 Å². The lowest BCUT2D eigenvalue weighted by molar-refractivity contribution is -0.131. The Morgan fingerprint density at radius 2 is 1.97 bits per heavy atom. The van der Waals surface area contributed by atoms with Crippen molar-refractivity contribution >= 4 is 51.1 Å². The Morgan fingerprint density at radius 1 is 1.17 bits per heavy atom. The lowest BCUT2D eigenvalue weighted by atomic mass is 9.92. The van der Waals surface area contributed by atoms with E-state index in [0.717, 1.165) is 14.9 Å². The van der Waals surface area contributed by atoms with Crippen LogP contribution in [0.1, 0.15) is 18.4 Å². The smallest absolute Gasteiger partial charge is 0.325 e. The van der Waals surface area contributed by atoms with Crippen molar-refractivity contribution in [3.63, 3.8) is 0 Å². The Bertz CT molecular complexity index is 1140. The number of nitrogens with zero attached hydrogens (tertiary/aromatic N) is 3. The van der Waals surface area contributed by atoms with Crippen LogP contribution in [0.25, 0.3) is 11.4 Å². The molecule has 1 aliphatic rings. The van der Waals surface area contributed by atoms with Crippen molar-refractivity contribution in [3.8, 4) is 11.4 Å². The van der Waals surface area contributed by atoms with E-state index >= 15 is 0 Å². The van der Waals surface area contributed by atoms with Crippen molar-refractivity contribution in [3.05, 3.63) is 68.4 Å². The molecule has 3 aromatic rings. The van der Waals surface area contributed by atoms with Gasteiger partial charge in [0.05, 0.1) is 10.0 Å². The van der Waals surface area contributed by atoms with Gasteiger partial charge in [-0.3, -0.25) is 9.69 Å². The lowest BCUT2D eigenvalue weighted by Crippen LogP contribution is -2.40. The predicted molar refractivity (Wildman–Crippen MR) is 110 cm³/mol. The van der Waals surface area contributed by atoms with Crippen molar-refractivity contribution in [2.24, 2.45) is 0 Å². The SMILES string of the molecule is CC1(c2ccc(Cl)c(Cl)c2)NC(=O)N(Cc2nc(-c3cccc(Br)c3)no2)C1=O. The first-order valence-electron chi connectivity index (χ1n) is 8.46. The Labute approximate surface area is 184 Å². The van der Waals surface area contributed by atoms with Crippen LogP contribution in [0.4, 0.5) is 4.79 Å². The van der Waals surface area contributed by atoms with Crippen LogP contribution in [0.2, 0.25) is 10.0 Å². The maximum absolute atomic E-state index is 13.0. The fourth-order valence-electron chi connectivity index (χ4n) is 3.04. The maximum Gasteiger partial charge on any atom is 0.325 e. The number of aromatic nitrogens is 2. The molecule has 1 N–H and O–H groups in total. The zero-order chi connectivity index (χ0) is 20.8. The molecule has 1 unspecified atom stereocenters. The second-order valence-corrected chi connectivity index (χ2v) is 8.33. The van der Waals surface area contributed by atoms with Crippen LogP contribution in [0, 0.1) is 0 Å². The summed E-state index contributed by atoms with van der Waals surface area (Å²) in [5.41, 5.74) is -0.0151. The number of imide groups is 1. The predicted octanol–water partition coefficient (Wildman–Crippen LogP) is 4.77. The molecule has 2 aromatic carbocycles. The highest BCUT2D eigenvalue weighted by molar-refractivity contribution is 9.10. The van der Waals surface area contributed by atoms with Crippen LogP contribution >= 0.6 is 39.1 Å². The topological polar surface area (TPSA) is 88.3 Å². The number of rotatable bonds is 4. The monoisotopic (exact) mass is 494 g/mol. The fraction of sp³-hybridized carbons (Fsp3) is 0.158. The van der Waals surface area contributed by atoms with E-state index in [2.05, 4.69) is 31.4 Å². The van der Waals surface area contributed by atoms with E-state index in [1.54, 1.807) is 25.1 Å². The first-order valence-corrected chi connectivity index (χ1v) is 10.0. The number of amides is 3. The highest BCUT2D eigenvalue weighted by atomic mass is 79.9. The summed E-state index contributed by atoms with van der Waals surface area (Å²) in [4.78, 5) is 30.8. The van der Waals surface area contributed by atoms with E-state index in [-0.39, 0.29) is 12.4 Å². The second kappa shape index (κ2) is 7.44. The molecule has 1 aliphatic heterocycles. The van der Waals surface area contributed by atoms with Gasteiger partial charge < -0.3 is 9.84 Å². The number of urea groups is 1. The third kappa shape index (κ3) is 3.63. The van der Waals surface area contributed by atoms with Crippen LogP contribution < -0.4 is 5.32 Å². The molecule has 10 heteroatoms. The summed E-state index contributed by atoms with van der Waals surface area (Å²) in [6.07, 6.45) is 0. The number of carbonyl (C=O) groups is 2. The molecule has 4 rings (SSSR count). The van der Waals surface area contributed by atoms with Gasteiger partial charge in [-0.2, -0.15) is 4.98 Å². The van der Waals surface area contributed by atoms with Crippen molar-refractivity contribution < 1.29 is 14.1 Å². The number of carbonyl (C=O) groups excluding carboxylic acids is 2. The van der Waals surface area contributed by atoms with E-state index in [9.17, 15) is 9.59 Å². The molecular formula is C19H13BrCl2N4O3. The van der Waals surface area contributed by atoms with Gasteiger partial charge in [0, 0.05) is 10.0 Å². The third-order valence-electron chi connectivity index (χ3n) is 4.62. The summed E-state index contributed by atoms with van der Waals surface area (Å²) >= 11 is 15.4. The molecule has 148 valence electrons. The van der Waals surface area contributed by atoms with Gasteiger partial charge in [0.25, 0.3) is 5.91 Å². The molecule has 0 saturated carbocycles. The average Bonchev–Trinajstić information content (AvgIpc) is 3.23. The van der Waals surface area contributed by atoms with Gasteiger partial charge in [-0.05, 0) is 36.8 Å². The minimum atomic E-state index is -1.28. The van der Waals surface area contributed by atoms with Gasteiger partial charge in [-0.25, -0.2) is 4.79 Å². The van der Waals surface area contributed by atoms with Gasteiger partial charge in [0.2, 0.25) is 11.7 Å². The van der Waals surface area contributed by atoms with Crippen molar-refractivity contribution in [2.75, 3.05) is 0 Å². The molecule has 2 heterocycles. The van der Waals surface area contributed by atoms with Gasteiger partial charge >= 0.3 is 6.03 Å². The quantitative estimate of drug-likeness (QED) is 0.526. The molecule has 1 fully saturated rings. The fourth-order valence-corrected chi connectivity index (χ4v) is 3.74. The molecule has 29 heavy (non-hydrogen) atoms. The number of benzene rings is 2. The van der Waals surface area contributed by atoms with Crippen LogP contribution in [0.3, 0.4) is 0 Å². The largest absolute Gasteiger partial charge is 0.337 e. The number of hydrogen-bond donors (Lipinski definition) is 1. The van der Waals surface area contributed by atoms with E-state index < -0.39 is 17.5 Å². The molecule has 7 nitrogen and oxygen atoms in total. The molecule has 0 aliphatic carbocycles. The first-order chi connectivity index (χ1) is 13.8. The van der Waals surface area contributed by atoms with Crippen molar-refractivity contribution in [1.82, 2.24) is 20.4 Å². The zero-order valence-electron chi connectivity index (χ0n) is 14.9. The molecule has 1 aromatic heterocycles. The van der Waals surface area contributed by atoms with Gasteiger partial charge in [-0.1, -0.05) is 62.5 Å². The molecule has 0 bridgehead atoms. The number of halogens is 3. The summed E-state index contributed by atoms with van der Waals surface area (Å²) in [7, 11) is 0. The molecule has 3 amide bonds. The van der Waals surface area contributed by atoms with E-state index in [4.69, 9.17) is 27.7 Å². The lowest BCUT2D eigenvalue weighted by Gasteiger charge is -2.22. The standard InChI is InChI=1S/C19H13BrCl2N4O3/c1-19(11-5-6-13(21)14(22)8-11)17(27)26(18(28)24-19)9-15-23-16(25-29-15)10-3-2-4-12(20)7-10/h2-8H,9H2,1H3,(H,24,28). The summed E-state index contributed by atoms with van der Waals surface area (Å²) < 4.78 is 6.11. The Kier molecular flexibility index (Phi) is 5.10. The third-order valence-corrected chi connectivity index (χ3v) is 5.85. The Hall–Kier alpha value is -2.42. The first kappa shape index (κ1) is 19.9. The molecule has 1 atom stereocenters. The molecule has 1 saturated heterocycles. The molecule has 0 spiro atoms. The summed E-state index contributed by atoms with van der Waals surface area (Å²) in [5.74, 6) is 0.0468. The number of hydrogen-bond acceptors (Lipinski definition) is 5. The van der Waals surface area contributed by atoms with Gasteiger partial charge in [0.1, 0.15) is 12.1 Å². The highest BCUT2D eigenvalue weighted by Gasteiger charge is 2.49. The van der Waals surface area contributed by atoms with E-state index in [1.165, 1.54) is 0 Å². The van der Waals surface area contributed by atoms with Crippen LogP contribution in [-0.2, 0) is 16.9 Å².